The third kappa shape index (κ3) is 5.40. The van der Waals surface area contributed by atoms with Crippen LogP contribution >= 0.6 is 23.5 Å². The van der Waals surface area contributed by atoms with Gasteiger partial charge in [0.05, 0.1) is 6.61 Å². The van der Waals surface area contributed by atoms with Gasteiger partial charge in [-0.1, -0.05) is 0 Å². The van der Waals surface area contributed by atoms with Crippen molar-refractivity contribution < 1.29 is 66.2 Å². The Hall–Kier alpha value is -1.18. The number of hydrogen-bond donors (Lipinski definition) is 9. The lowest BCUT2D eigenvalue weighted by Gasteiger charge is -2.29. The lowest BCUT2D eigenvalue weighted by Crippen LogP contribution is -2.56. The minimum absolute atomic E-state index is 0.0287. The molecule has 4 aliphatic rings. The largest absolute Gasteiger partial charge is 0.490 e. The molecule has 0 aliphatic carbocycles. The maximum Gasteiger partial charge on any atom is 0.490 e. The van der Waals surface area contributed by atoms with Gasteiger partial charge in [0, 0.05) is 0 Å². The van der Waals surface area contributed by atoms with Gasteiger partial charge in [-0.25, -0.2) is 18.7 Å². The topological polar surface area (TPSA) is 310 Å². The van der Waals surface area contributed by atoms with Crippen molar-refractivity contribution in [2.45, 2.75) is 30.5 Å². The van der Waals surface area contributed by atoms with E-state index in [4.69, 9.17) is 19.4 Å². The highest BCUT2D eigenvalue weighted by Gasteiger charge is 2.55. The van der Waals surface area contributed by atoms with Gasteiger partial charge >= 0.3 is 23.5 Å². The lowest BCUT2D eigenvalue weighted by atomic mass is 10.1. The summed E-state index contributed by atoms with van der Waals surface area (Å²) in [5.41, 5.74) is 5.15. The van der Waals surface area contributed by atoms with Gasteiger partial charge in [-0.15, -0.1) is 0 Å². The second-order valence-corrected chi connectivity index (χ2v) is 11.3. The molecule has 4 rings (SSSR count). The minimum Gasteiger partial charge on any atom is -0.387 e. The van der Waals surface area contributed by atoms with Crippen molar-refractivity contribution in [3.8, 4) is 0 Å². The van der Waals surface area contributed by atoms with Crippen molar-refractivity contribution in [2.75, 3.05) is 13.3 Å². The molecule has 0 radical (unpaired) electrons. The summed E-state index contributed by atoms with van der Waals surface area (Å²) in [6.45, 7) is -1.17. The van der Waals surface area contributed by atoms with E-state index in [0.29, 0.717) is 0 Å². The van der Waals surface area contributed by atoms with E-state index in [9.17, 15) is 33.6 Å². The molecule has 9 N–H and O–H groups in total. The highest BCUT2D eigenvalue weighted by Crippen LogP contribution is 2.66. The van der Waals surface area contributed by atoms with Gasteiger partial charge in [-0.05, 0) is 0 Å². The highest BCUT2D eigenvalue weighted by molar-refractivity contribution is 7.66. The van der Waals surface area contributed by atoms with E-state index < -0.39 is 66.4 Å². The molecule has 0 aromatic heterocycles. The van der Waals surface area contributed by atoms with Crippen LogP contribution < -0.4 is 16.2 Å². The Morgan fingerprint density at radius 1 is 1.09 bits per heavy atom. The first-order chi connectivity index (χ1) is 15.1. The molecule has 0 aromatic rings. The molecular formula is C10H17N6O14P3. The van der Waals surface area contributed by atoms with E-state index in [0.717, 1.165) is 0 Å². The molecule has 2 saturated heterocycles. The van der Waals surface area contributed by atoms with Gasteiger partial charge in [0.15, 0.2) is 17.8 Å². The number of hydrazine groups is 1. The number of aliphatic imine (C=N–C) groups is 2. The monoisotopic (exact) mass is 538 g/mol. The lowest BCUT2D eigenvalue weighted by molar-refractivity contribution is -0.115. The maximum absolute atomic E-state index is 12.1. The van der Waals surface area contributed by atoms with Crippen molar-refractivity contribution in [1.82, 2.24) is 21.1 Å². The SMILES string of the molecule is O=C1NC2(N=C3C1=NCN3[C@@H]1O[C@H](COP(=O)(O)OP(=O)(O)OP(=O)(O)O)[C@@H](O)[C@H]1O)NN2. The van der Waals surface area contributed by atoms with E-state index in [-0.39, 0.29) is 18.2 Å². The zero-order valence-corrected chi connectivity index (χ0v) is 18.5. The third-order valence-corrected chi connectivity index (χ3v) is 8.27. The van der Waals surface area contributed by atoms with Crippen molar-refractivity contribution >= 4 is 40.9 Å². The zero-order valence-electron chi connectivity index (χ0n) is 15.9. The molecule has 186 valence electrons. The Balaban J connectivity index is 1.40. The third-order valence-electron chi connectivity index (χ3n) is 4.47. The Morgan fingerprint density at radius 2 is 1.76 bits per heavy atom. The molecule has 6 atom stereocenters. The first-order valence-corrected chi connectivity index (χ1v) is 13.2. The first kappa shape index (κ1) is 24.9. The average molecular weight is 538 g/mol. The van der Waals surface area contributed by atoms with Gasteiger partial charge in [0.1, 0.15) is 25.0 Å². The summed E-state index contributed by atoms with van der Waals surface area (Å²) < 4.78 is 50.9. The second-order valence-electron chi connectivity index (χ2n) is 6.90. The van der Waals surface area contributed by atoms with E-state index in [1.54, 1.807) is 0 Å². The van der Waals surface area contributed by atoms with Gasteiger partial charge in [0.2, 0.25) is 0 Å². The molecule has 2 fully saturated rings. The quantitative estimate of drug-likeness (QED) is 0.104. The highest BCUT2D eigenvalue weighted by atomic mass is 31.3. The minimum atomic E-state index is -5.73. The van der Waals surface area contributed by atoms with Crippen LogP contribution in [0.2, 0.25) is 0 Å². The van der Waals surface area contributed by atoms with Gasteiger partial charge in [0.25, 0.3) is 11.8 Å². The number of nitrogens with one attached hydrogen (secondary N) is 3. The van der Waals surface area contributed by atoms with Crippen LogP contribution in [0.25, 0.3) is 0 Å². The van der Waals surface area contributed by atoms with Crippen LogP contribution in [0.15, 0.2) is 9.98 Å². The van der Waals surface area contributed by atoms with Crippen molar-refractivity contribution in [3.63, 3.8) is 0 Å². The van der Waals surface area contributed by atoms with Gasteiger partial charge in [-0.3, -0.25) is 19.6 Å². The number of hydrogen-bond acceptors (Lipinski definition) is 15. The number of ether oxygens (including phenoxy) is 1. The predicted octanol–water partition coefficient (Wildman–Crippen LogP) is -4.26. The molecule has 33 heavy (non-hydrogen) atoms. The van der Waals surface area contributed by atoms with Crippen LogP contribution in [0.1, 0.15) is 0 Å². The first-order valence-electron chi connectivity index (χ1n) is 8.68. The van der Waals surface area contributed by atoms with Crippen LogP contribution in [-0.2, 0) is 36.4 Å². The van der Waals surface area contributed by atoms with Crippen molar-refractivity contribution in [1.29, 1.82) is 0 Å². The van der Waals surface area contributed by atoms with Crippen LogP contribution in [0.5, 0.6) is 0 Å². The summed E-state index contributed by atoms with van der Waals surface area (Å²) in [6.07, 6.45) is -6.19. The fourth-order valence-corrected chi connectivity index (χ4v) is 6.13. The van der Waals surface area contributed by atoms with Crippen LogP contribution in [0.4, 0.5) is 0 Å². The fourth-order valence-electron chi connectivity index (χ4n) is 3.10. The van der Waals surface area contributed by atoms with Gasteiger partial charge in [-0.2, -0.15) is 19.5 Å². The molecule has 23 heteroatoms. The Kier molecular flexibility index (Phi) is 6.19. The number of amides is 1. The van der Waals surface area contributed by atoms with Crippen LogP contribution in [-0.4, -0.2) is 95.9 Å². The maximum atomic E-state index is 12.1. The number of carbonyl (C=O) groups excluding carboxylic acids is 1. The smallest absolute Gasteiger partial charge is 0.387 e. The summed E-state index contributed by atoms with van der Waals surface area (Å²) in [4.78, 5) is 57.3. The summed E-state index contributed by atoms with van der Waals surface area (Å²) in [7, 11) is -16.8. The Labute approximate surface area is 182 Å². The normalized spacial score (nSPS) is 34.2. The van der Waals surface area contributed by atoms with E-state index in [1.807, 2.05) is 0 Å². The number of nitrogens with zero attached hydrogens (tertiary/aromatic N) is 3. The standard InChI is InChI=1S/C10H17N6O14P3/c17-5-3(1-27-32(23,24)30-33(25,26)29-31(20,21)22)28-9(6(5)18)16-2-11-4-7(16)12-10(14-15-10)13-8(4)19/h3,5-6,9,14-15,17-18H,1-2H2,(H,13,19)(H,23,24)(H,25,26)(H2,20,21,22)/t3-,5-,6-,9-/m1/s1. The van der Waals surface area contributed by atoms with E-state index in [2.05, 4.69) is 39.3 Å². The number of phosphoric ester groups is 1. The van der Waals surface area contributed by atoms with Crippen molar-refractivity contribution in [2.24, 2.45) is 9.98 Å². The molecule has 4 aliphatic heterocycles. The number of carbonyl (C=O) groups is 1. The molecule has 1 amide bonds. The zero-order chi connectivity index (χ0) is 24.4. The molecule has 20 nitrogen and oxygen atoms in total. The van der Waals surface area contributed by atoms with Gasteiger partial charge < -0.3 is 39.4 Å². The summed E-state index contributed by atoms with van der Waals surface area (Å²) in [5.74, 6) is -1.79. The summed E-state index contributed by atoms with van der Waals surface area (Å²) in [5, 5.41) is 23.1. The average Bonchev–Trinajstić information content (AvgIpc) is 3.13. The Morgan fingerprint density at radius 3 is 2.36 bits per heavy atom. The number of phosphoric acid groups is 3. The van der Waals surface area contributed by atoms with E-state index in [1.165, 1.54) is 4.90 Å². The van der Waals surface area contributed by atoms with Crippen molar-refractivity contribution in [3.05, 3.63) is 0 Å². The summed E-state index contributed by atoms with van der Waals surface area (Å²) in [6, 6.07) is 0. The Bertz CT molecular complexity index is 1060. The number of rotatable bonds is 8. The predicted molar refractivity (Wildman–Crippen MR) is 99.2 cm³/mol. The molecule has 0 bridgehead atoms. The number of amidine groups is 1. The van der Waals surface area contributed by atoms with E-state index >= 15 is 0 Å². The fraction of sp³-hybridized carbons (Fsp3) is 0.700. The van der Waals surface area contributed by atoms with Crippen LogP contribution in [0.3, 0.4) is 0 Å². The number of aliphatic hydroxyl groups is 2. The molecule has 1 spiro atoms. The molecule has 0 saturated carbocycles. The molecular weight excluding hydrogens is 521 g/mol. The number of aliphatic hydroxyl groups excluding tert-OH is 2. The van der Waals surface area contributed by atoms with Crippen LogP contribution in [0, 0.1) is 0 Å². The molecule has 4 heterocycles. The molecule has 2 unspecified atom stereocenters. The number of fused-ring (bicyclic) bond motifs is 1. The second kappa shape index (κ2) is 8.20. The molecule has 0 aromatic carbocycles. The summed E-state index contributed by atoms with van der Waals surface area (Å²) >= 11 is 0.